The van der Waals surface area contributed by atoms with Gasteiger partial charge in [-0.3, -0.25) is 0 Å². The van der Waals surface area contributed by atoms with Crippen molar-refractivity contribution in [3.63, 3.8) is 0 Å². The van der Waals surface area contributed by atoms with E-state index in [9.17, 15) is 0 Å². The van der Waals surface area contributed by atoms with Crippen molar-refractivity contribution >= 4 is 11.1 Å². The Balaban J connectivity index is 2.45. The van der Waals surface area contributed by atoms with E-state index in [0.717, 1.165) is 16.8 Å². The van der Waals surface area contributed by atoms with Crippen LogP contribution in [0, 0.1) is 0 Å². The van der Waals surface area contributed by atoms with Crippen molar-refractivity contribution in [1.82, 2.24) is 4.98 Å². The number of aromatic nitrogens is 1. The number of hydrogen-bond acceptors (Lipinski definition) is 4. The molecule has 1 atom stereocenters. The number of ether oxygens (including phenoxy) is 1. The van der Waals surface area contributed by atoms with Crippen LogP contribution in [0.25, 0.3) is 11.1 Å². The number of fused-ring (bicyclic) bond motifs is 1. The standard InChI is InChI=1S/C11H14N2O2/c1-7(12)6-10-13-11-8(14-2)4-3-5-9(11)15-10/h3-5,7H,6,12H2,1-2H3. The van der Waals surface area contributed by atoms with Gasteiger partial charge in [-0.2, -0.15) is 0 Å². The molecule has 4 heteroatoms. The number of methoxy groups -OCH3 is 1. The van der Waals surface area contributed by atoms with Crippen molar-refractivity contribution in [1.29, 1.82) is 0 Å². The highest BCUT2D eigenvalue weighted by molar-refractivity contribution is 5.79. The lowest BCUT2D eigenvalue weighted by molar-refractivity contribution is 0.419. The zero-order valence-electron chi connectivity index (χ0n) is 8.86. The Morgan fingerprint density at radius 2 is 2.33 bits per heavy atom. The molecule has 0 aliphatic carbocycles. The van der Waals surface area contributed by atoms with Crippen LogP contribution in [0.2, 0.25) is 0 Å². The Labute approximate surface area is 88.0 Å². The monoisotopic (exact) mass is 206 g/mol. The lowest BCUT2D eigenvalue weighted by Crippen LogP contribution is -2.17. The Morgan fingerprint density at radius 3 is 3.00 bits per heavy atom. The van der Waals surface area contributed by atoms with Crippen LogP contribution in [0.3, 0.4) is 0 Å². The van der Waals surface area contributed by atoms with E-state index in [1.165, 1.54) is 0 Å². The lowest BCUT2D eigenvalue weighted by atomic mass is 10.2. The first-order valence-electron chi connectivity index (χ1n) is 4.88. The van der Waals surface area contributed by atoms with Crippen LogP contribution in [0.5, 0.6) is 5.75 Å². The van der Waals surface area contributed by atoms with Gasteiger partial charge in [0.2, 0.25) is 0 Å². The predicted octanol–water partition coefficient (Wildman–Crippen LogP) is 1.73. The zero-order chi connectivity index (χ0) is 10.8. The molecule has 2 aromatic rings. The zero-order valence-corrected chi connectivity index (χ0v) is 8.86. The first-order valence-corrected chi connectivity index (χ1v) is 4.88. The van der Waals surface area contributed by atoms with Gasteiger partial charge in [0.05, 0.1) is 7.11 Å². The minimum absolute atomic E-state index is 0.0454. The maximum Gasteiger partial charge on any atom is 0.197 e. The summed E-state index contributed by atoms with van der Waals surface area (Å²) in [6.45, 7) is 1.92. The maximum atomic E-state index is 5.69. The Kier molecular flexibility index (Phi) is 2.60. The number of oxazole rings is 1. The molecule has 0 saturated carbocycles. The van der Waals surface area contributed by atoms with Crippen LogP contribution < -0.4 is 10.5 Å². The normalized spacial score (nSPS) is 13.0. The molecule has 0 amide bonds. The molecule has 0 fully saturated rings. The Hall–Kier alpha value is -1.55. The first kappa shape index (κ1) is 9.98. The molecule has 1 unspecified atom stereocenters. The van der Waals surface area contributed by atoms with Gasteiger partial charge in [-0.05, 0) is 19.1 Å². The highest BCUT2D eigenvalue weighted by Crippen LogP contribution is 2.25. The van der Waals surface area contributed by atoms with Gasteiger partial charge in [0, 0.05) is 12.5 Å². The molecule has 0 aliphatic heterocycles. The van der Waals surface area contributed by atoms with Crippen LogP contribution in [0.4, 0.5) is 0 Å². The minimum Gasteiger partial charge on any atom is -0.494 e. The fourth-order valence-corrected chi connectivity index (χ4v) is 1.50. The molecule has 15 heavy (non-hydrogen) atoms. The van der Waals surface area contributed by atoms with E-state index in [1.807, 2.05) is 25.1 Å². The van der Waals surface area contributed by atoms with Gasteiger partial charge in [0.25, 0.3) is 0 Å². The average molecular weight is 206 g/mol. The molecule has 2 rings (SSSR count). The van der Waals surface area contributed by atoms with Crippen LogP contribution >= 0.6 is 0 Å². The molecule has 0 radical (unpaired) electrons. The Bertz CT molecular complexity index is 463. The third-order valence-corrected chi connectivity index (χ3v) is 2.14. The van der Waals surface area contributed by atoms with E-state index >= 15 is 0 Å². The number of para-hydroxylation sites is 1. The van der Waals surface area contributed by atoms with Crippen molar-refractivity contribution in [3.8, 4) is 5.75 Å². The van der Waals surface area contributed by atoms with Crippen molar-refractivity contribution < 1.29 is 9.15 Å². The second kappa shape index (κ2) is 3.90. The second-order valence-corrected chi connectivity index (χ2v) is 3.60. The number of nitrogens with two attached hydrogens (primary N) is 1. The van der Waals surface area contributed by atoms with Crippen molar-refractivity contribution in [2.24, 2.45) is 5.73 Å². The van der Waals surface area contributed by atoms with E-state index in [4.69, 9.17) is 14.9 Å². The number of rotatable bonds is 3. The summed E-state index contributed by atoms with van der Waals surface area (Å²) >= 11 is 0. The summed E-state index contributed by atoms with van der Waals surface area (Å²) in [5.41, 5.74) is 7.19. The fraction of sp³-hybridized carbons (Fsp3) is 0.364. The smallest absolute Gasteiger partial charge is 0.197 e. The highest BCUT2D eigenvalue weighted by atomic mass is 16.5. The highest BCUT2D eigenvalue weighted by Gasteiger charge is 2.10. The lowest BCUT2D eigenvalue weighted by Gasteiger charge is -1.97. The first-order chi connectivity index (χ1) is 7.20. The maximum absolute atomic E-state index is 5.69. The van der Waals surface area contributed by atoms with E-state index in [1.54, 1.807) is 7.11 Å². The number of benzene rings is 1. The van der Waals surface area contributed by atoms with Gasteiger partial charge in [-0.15, -0.1) is 0 Å². The molecule has 0 spiro atoms. The van der Waals surface area contributed by atoms with E-state index in [0.29, 0.717) is 12.3 Å². The van der Waals surface area contributed by atoms with Crippen molar-refractivity contribution in [2.45, 2.75) is 19.4 Å². The fourth-order valence-electron chi connectivity index (χ4n) is 1.50. The molecule has 1 aromatic carbocycles. The van der Waals surface area contributed by atoms with E-state index in [-0.39, 0.29) is 6.04 Å². The predicted molar refractivity (Wildman–Crippen MR) is 57.9 cm³/mol. The van der Waals surface area contributed by atoms with Gasteiger partial charge in [0.15, 0.2) is 17.0 Å². The minimum atomic E-state index is 0.0454. The topological polar surface area (TPSA) is 61.3 Å². The van der Waals surface area contributed by atoms with Crippen LogP contribution in [0.1, 0.15) is 12.8 Å². The summed E-state index contributed by atoms with van der Waals surface area (Å²) in [5.74, 6) is 1.39. The van der Waals surface area contributed by atoms with Gasteiger partial charge >= 0.3 is 0 Å². The molecular weight excluding hydrogens is 192 g/mol. The molecule has 2 N–H and O–H groups in total. The third-order valence-electron chi connectivity index (χ3n) is 2.14. The largest absolute Gasteiger partial charge is 0.494 e. The van der Waals surface area contributed by atoms with Gasteiger partial charge < -0.3 is 14.9 Å². The molecule has 0 aliphatic rings. The molecule has 80 valence electrons. The van der Waals surface area contributed by atoms with Gasteiger partial charge in [-0.1, -0.05) is 6.07 Å². The van der Waals surface area contributed by atoms with Gasteiger partial charge in [-0.25, -0.2) is 4.98 Å². The third kappa shape index (κ3) is 1.94. The summed E-state index contributed by atoms with van der Waals surface area (Å²) in [6, 6.07) is 5.65. The molecular formula is C11H14N2O2. The van der Waals surface area contributed by atoms with E-state index in [2.05, 4.69) is 4.98 Å². The summed E-state index contributed by atoms with van der Waals surface area (Å²) in [7, 11) is 1.62. The van der Waals surface area contributed by atoms with Crippen molar-refractivity contribution in [3.05, 3.63) is 24.1 Å². The van der Waals surface area contributed by atoms with Crippen LogP contribution in [0.15, 0.2) is 22.6 Å². The van der Waals surface area contributed by atoms with Gasteiger partial charge in [0.1, 0.15) is 5.75 Å². The molecule has 1 heterocycles. The Morgan fingerprint density at radius 1 is 1.53 bits per heavy atom. The SMILES string of the molecule is COc1cccc2oc(CC(C)N)nc12. The molecule has 0 bridgehead atoms. The van der Waals surface area contributed by atoms with Crippen molar-refractivity contribution in [2.75, 3.05) is 7.11 Å². The summed E-state index contributed by atoms with van der Waals surface area (Å²) in [4.78, 5) is 4.35. The van der Waals surface area contributed by atoms with Crippen LogP contribution in [-0.2, 0) is 6.42 Å². The summed E-state index contributed by atoms with van der Waals surface area (Å²) in [5, 5.41) is 0. The molecule has 1 aromatic heterocycles. The molecule has 0 saturated heterocycles. The second-order valence-electron chi connectivity index (χ2n) is 3.60. The average Bonchev–Trinajstić information content (AvgIpc) is 2.58. The van der Waals surface area contributed by atoms with E-state index < -0.39 is 0 Å². The van der Waals surface area contributed by atoms with Crippen LogP contribution in [-0.4, -0.2) is 18.1 Å². The summed E-state index contributed by atoms with van der Waals surface area (Å²) in [6.07, 6.45) is 0.637. The summed E-state index contributed by atoms with van der Waals surface area (Å²) < 4.78 is 10.7. The quantitative estimate of drug-likeness (QED) is 0.830. The molecule has 4 nitrogen and oxygen atoms in total. The number of nitrogens with zero attached hydrogens (tertiary/aromatic N) is 1. The number of hydrogen-bond donors (Lipinski definition) is 1.